The number of likely N-dealkylation sites (tertiary alicyclic amines) is 1. The molecular weight excluding hydrogens is 332 g/mol. The second-order valence-corrected chi connectivity index (χ2v) is 7.33. The average molecular weight is 353 g/mol. The third kappa shape index (κ3) is 3.29. The Labute approximate surface area is 152 Å². The number of carbonyl (C=O) groups excluding carboxylic acids is 1. The lowest BCUT2D eigenvalue weighted by Crippen LogP contribution is -2.38. The van der Waals surface area contributed by atoms with Crippen LogP contribution >= 0.6 is 11.6 Å². The Morgan fingerprint density at radius 2 is 1.92 bits per heavy atom. The van der Waals surface area contributed by atoms with Crippen LogP contribution in [0.3, 0.4) is 0 Å². The lowest BCUT2D eigenvalue weighted by Gasteiger charge is -2.31. The van der Waals surface area contributed by atoms with Gasteiger partial charge in [0.1, 0.15) is 0 Å². The molecule has 0 aliphatic carbocycles. The quantitative estimate of drug-likeness (QED) is 0.680. The van der Waals surface area contributed by atoms with Gasteiger partial charge in [-0.1, -0.05) is 29.3 Å². The number of benzene rings is 2. The summed E-state index contributed by atoms with van der Waals surface area (Å²) in [7, 11) is 0. The van der Waals surface area contributed by atoms with Crippen molar-refractivity contribution in [2.45, 2.75) is 25.7 Å². The lowest BCUT2D eigenvalue weighted by molar-refractivity contribution is 0.0712. The van der Waals surface area contributed by atoms with Crippen LogP contribution in [0.1, 0.15) is 40.4 Å². The number of aromatic amines is 1. The van der Waals surface area contributed by atoms with Crippen LogP contribution in [0.2, 0.25) is 5.02 Å². The number of fused-ring (bicyclic) bond motifs is 1. The number of amides is 1. The fourth-order valence-corrected chi connectivity index (χ4v) is 3.88. The Morgan fingerprint density at radius 1 is 1.12 bits per heavy atom. The SMILES string of the molecule is Cc1ccc2[nH]c(C3CCN(C(=O)c4cccc(Cl)c4)CC3)cc2c1. The van der Waals surface area contributed by atoms with E-state index in [1.54, 1.807) is 12.1 Å². The van der Waals surface area contributed by atoms with Crippen LogP contribution in [-0.4, -0.2) is 28.9 Å². The zero-order valence-electron chi connectivity index (χ0n) is 14.3. The van der Waals surface area contributed by atoms with E-state index in [1.165, 1.54) is 22.2 Å². The smallest absolute Gasteiger partial charge is 0.253 e. The Morgan fingerprint density at radius 3 is 2.68 bits per heavy atom. The fraction of sp³-hybridized carbons (Fsp3) is 0.286. The van der Waals surface area contributed by atoms with Gasteiger partial charge in [-0.05, 0) is 61.5 Å². The predicted molar refractivity (Wildman–Crippen MR) is 102 cm³/mol. The molecule has 0 bridgehead atoms. The van der Waals surface area contributed by atoms with E-state index in [4.69, 9.17) is 11.6 Å². The maximum Gasteiger partial charge on any atom is 0.253 e. The Balaban J connectivity index is 1.46. The lowest BCUT2D eigenvalue weighted by atomic mass is 9.93. The van der Waals surface area contributed by atoms with E-state index in [2.05, 4.69) is 36.2 Å². The van der Waals surface area contributed by atoms with Crippen LogP contribution in [-0.2, 0) is 0 Å². The van der Waals surface area contributed by atoms with Gasteiger partial charge < -0.3 is 9.88 Å². The van der Waals surface area contributed by atoms with Gasteiger partial charge in [0.15, 0.2) is 0 Å². The zero-order chi connectivity index (χ0) is 17.4. The van der Waals surface area contributed by atoms with Crippen molar-refractivity contribution in [3.63, 3.8) is 0 Å². The molecule has 0 spiro atoms. The molecule has 3 aromatic rings. The maximum absolute atomic E-state index is 12.6. The summed E-state index contributed by atoms with van der Waals surface area (Å²) >= 11 is 6.01. The van der Waals surface area contributed by atoms with Gasteiger partial charge in [-0.3, -0.25) is 4.79 Å². The third-order valence-electron chi connectivity index (χ3n) is 5.09. The first-order valence-corrected chi connectivity index (χ1v) is 9.12. The number of halogens is 1. The number of nitrogens with zero attached hydrogens (tertiary/aromatic N) is 1. The zero-order valence-corrected chi connectivity index (χ0v) is 15.0. The second kappa shape index (κ2) is 6.57. The highest BCUT2D eigenvalue weighted by molar-refractivity contribution is 6.30. The number of aromatic nitrogens is 1. The van der Waals surface area contributed by atoms with Crippen molar-refractivity contribution in [2.75, 3.05) is 13.1 Å². The monoisotopic (exact) mass is 352 g/mol. The minimum Gasteiger partial charge on any atom is -0.358 e. The molecule has 1 aliphatic heterocycles. The van der Waals surface area contributed by atoms with Crippen LogP contribution in [0.4, 0.5) is 0 Å². The van der Waals surface area contributed by atoms with Crippen LogP contribution in [0.25, 0.3) is 10.9 Å². The molecular formula is C21H21ClN2O. The third-order valence-corrected chi connectivity index (χ3v) is 5.33. The summed E-state index contributed by atoms with van der Waals surface area (Å²) in [6.07, 6.45) is 1.97. The summed E-state index contributed by atoms with van der Waals surface area (Å²) in [5, 5.41) is 1.88. The highest BCUT2D eigenvalue weighted by Gasteiger charge is 2.25. The molecule has 0 atom stereocenters. The first-order chi connectivity index (χ1) is 12.1. The Bertz CT molecular complexity index is 923. The fourth-order valence-electron chi connectivity index (χ4n) is 3.69. The van der Waals surface area contributed by atoms with E-state index in [9.17, 15) is 4.79 Å². The Hall–Kier alpha value is -2.26. The minimum atomic E-state index is 0.0771. The summed E-state index contributed by atoms with van der Waals surface area (Å²) in [6, 6.07) is 16.0. The molecule has 1 fully saturated rings. The number of H-pyrrole nitrogens is 1. The van der Waals surface area contributed by atoms with Gasteiger partial charge in [0.05, 0.1) is 0 Å². The largest absolute Gasteiger partial charge is 0.358 e. The highest BCUT2D eigenvalue weighted by atomic mass is 35.5. The predicted octanol–water partition coefficient (Wildman–Crippen LogP) is 5.15. The highest BCUT2D eigenvalue weighted by Crippen LogP contribution is 2.30. The molecule has 0 unspecified atom stereocenters. The molecule has 1 saturated heterocycles. The number of rotatable bonds is 2. The van der Waals surface area contributed by atoms with Crippen molar-refractivity contribution in [2.24, 2.45) is 0 Å². The number of hydrogen-bond acceptors (Lipinski definition) is 1. The van der Waals surface area contributed by atoms with Crippen molar-refractivity contribution in [1.29, 1.82) is 0 Å². The second-order valence-electron chi connectivity index (χ2n) is 6.89. The van der Waals surface area contributed by atoms with Crippen LogP contribution < -0.4 is 0 Å². The molecule has 0 radical (unpaired) electrons. The van der Waals surface area contributed by atoms with Gasteiger partial charge in [0.2, 0.25) is 0 Å². The van der Waals surface area contributed by atoms with E-state index in [-0.39, 0.29) is 5.91 Å². The van der Waals surface area contributed by atoms with Crippen molar-refractivity contribution >= 4 is 28.4 Å². The number of nitrogens with one attached hydrogen (secondary N) is 1. The molecule has 1 N–H and O–H groups in total. The molecule has 0 saturated carbocycles. The van der Waals surface area contributed by atoms with Gasteiger partial charge in [0.25, 0.3) is 5.91 Å². The summed E-state index contributed by atoms with van der Waals surface area (Å²) < 4.78 is 0. The van der Waals surface area contributed by atoms with Crippen LogP contribution in [0, 0.1) is 6.92 Å². The maximum atomic E-state index is 12.6. The average Bonchev–Trinajstić information content (AvgIpc) is 3.04. The topological polar surface area (TPSA) is 36.1 Å². The molecule has 3 nitrogen and oxygen atoms in total. The number of piperidine rings is 1. The molecule has 4 rings (SSSR count). The minimum absolute atomic E-state index is 0.0771. The van der Waals surface area contributed by atoms with Crippen molar-refractivity contribution in [3.05, 3.63) is 70.4 Å². The van der Waals surface area contributed by atoms with Crippen LogP contribution in [0.15, 0.2) is 48.5 Å². The standard InChI is InChI=1S/C21H21ClN2O/c1-14-5-6-19-17(11-14)13-20(23-19)15-7-9-24(10-8-15)21(25)16-3-2-4-18(22)12-16/h2-6,11-13,15,23H,7-10H2,1H3. The molecule has 1 aliphatic rings. The number of carbonyl (C=O) groups is 1. The van der Waals surface area contributed by atoms with Gasteiger partial charge in [-0.15, -0.1) is 0 Å². The summed E-state index contributed by atoms with van der Waals surface area (Å²) in [4.78, 5) is 18.1. The molecule has 2 aromatic carbocycles. The van der Waals surface area contributed by atoms with E-state index in [0.717, 1.165) is 25.9 Å². The van der Waals surface area contributed by atoms with E-state index < -0.39 is 0 Å². The molecule has 1 amide bonds. The normalized spacial score (nSPS) is 15.7. The number of aryl methyl sites for hydroxylation is 1. The summed E-state index contributed by atoms with van der Waals surface area (Å²) in [6.45, 7) is 3.68. The van der Waals surface area contributed by atoms with Crippen molar-refractivity contribution in [3.8, 4) is 0 Å². The van der Waals surface area contributed by atoms with E-state index in [0.29, 0.717) is 16.5 Å². The van der Waals surface area contributed by atoms with Gasteiger partial charge >= 0.3 is 0 Å². The van der Waals surface area contributed by atoms with Gasteiger partial charge in [0, 0.05) is 40.8 Å². The summed E-state index contributed by atoms with van der Waals surface area (Å²) in [5.74, 6) is 0.560. The number of hydrogen-bond donors (Lipinski definition) is 1. The first-order valence-electron chi connectivity index (χ1n) is 8.74. The first kappa shape index (κ1) is 16.2. The molecule has 128 valence electrons. The summed E-state index contributed by atoms with van der Waals surface area (Å²) in [5.41, 5.74) is 4.43. The van der Waals surface area contributed by atoms with Crippen molar-refractivity contribution in [1.82, 2.24) is 9.88 Å². The van der Waals surface area contributed by atoms with Gasteiger partial charge in [-0.2, -0.15) is 0 Å². The molecule has 1 aromatic heterocycles. The molecule has 2 heterocycles. The Kier molecular flexibility index (Phi) is 4.26. The van der Waals surface area contributed by atoms with Gasteiger partial charge in [-0.25, -0.2) is 0 Å². The van der Waals surface area contributed by atoms with Crippen LogP contribution in [0.5, 0.6) is 0 Å². The van der Waals surface area contributed by atoms with Crippen molar-refractivity contribution < 1.29 is 4.79 Å². The molecule has 4 heteroatoms. The molecule has 25 heavy (non-hydrogen) atoms. The van der Waals surface area contributed by atoms with E-state index in [1.807, 2.05) is 17.0 Å². The van der Waals surface area contributed by atoms with E-state index >= 15 is 0 Å².